The highest BCUT2D eigenvalue weighted by molar-refractivity contribution is 5.47. The average molecular weight is 559 g/mol. The van der Waals surface area contributed by atoms with E-state index in [4.69, 9.17) is 18.9 Å². The molecule has 0 aromatic heterocycles. The van der Waals surface area contributed by atoms with Gasteiger partial charge in [0.2, 0.25) is 0 Å². The molecule has 1 saturated heterocycles. The maximum Gasteiger partial charge on any atom is 0.157 e. The van der Waals surface area contributed by atoms with Gasteiger partial charge in [-0.1, -0.05) is 69.8 Å². The predicted octanol–water partition coefficient (Wildman–Crippen LogP) is 9.38. The number of hydrogen-bond acceptors (Lipinski definition) is 5. The van der Waals surface area contributed by atoms with Crippen molar-refractivity contribution in [2.75, 3.05) is 26.4 Å². The molecule has 0 saturated carbocycles. The molecule has 1 fully saturated rings. The van der Waals surface area contributed by atoms with Crippen molar-refractivity contribution in [2.24, 2.45) is 0 Å². The van der Waals surface area contributed by atoms with E-state index in [1.165, 1.54) is 70.6 Å². The van der Waals surface area contributed by atoms with Gasteiger partial charge in [0.15, 0.2) is 6.29 Å². The molecular weight excluding hydrogens is 500 g/mol. The Morgan fingerprint density at radius 3 is 2.00 bits per heavy atom. The summed E-state index contributed by atoms with van der Waals surface area (Å²) in [5.74, 6) is 1.62. The molecular formula is C35H58O5. The molecule has 1 unspecified atom stereocenters. The quantitative estimate of drug-likeness (QED) is 0.101. The van der Waals surface area contributed by atoms with Crippen LogP contribution in [0.3, 0.4) is 0 Å². The third kappa shape index (κ3) is 16.4. The summed E-state index contributed by atoms with van der Waals surface area (Å²) in [5, 5.41) is 9.72. The largest absolute Gasteiger partial charge is 0.493 e. The van der Waals surface area contributed by atoms with Gasteiger partial charge in [0.25, 0.3) is 0 Å². The number of aliphatic hydroxyl groups is 1. The fourth-order valence-corrected chi connectivity index (χ4v) is 4.82. The van der Waals surface area contributed by atoms with Crippen LogP contribution in [-0.4, -0.2) is 37.8 Å². The van der Waals surface area contributed by atoms with Gasteiger partial charge < -0.3 is 24.1 Å². The van der Waals surface area contributed by atoms with E-state index in [0.29, 0.717) is 19.8 Å². The van der Waals surface area contributed by atoms with E-state index in [1.54, 1.807) is 0 Å². The van der Waals surface area contributed by atoms with Crippen molar-refractivity contribution < 1.29 is 24.1 Å². The first-order valence-electron chi connectivity index (χ1n) is 16.3. The minimum atomic E-state index is -0.0253. The average Bonchev–Trinajstić information content (AvgIpc) is 2.98. The van der Waals surface area contributed by atoms with Gasteiger partial charge in [-0.3, -0.25) is 0 Å². The normalized spacial score (nSPS) is 15.8. The van der Waals surface area contributed by atoms with Crippen molar-refractivity contribution in [1.82, 2.24) is 0 Å². The number of allylic oxidation sites excluding steroid dienone is 4. The lowest BCUT2D eigenvalue weighted by molar-refractivity contribution is -0.162. The lowest BCUT2D eigenvalue weighted by Crippen LogP contribution is -2.22. The van der Waals surface area contributed by atoms with Crippen LogP contribution < -0.4 is 9.47 Å². The van der Waals surface area contributed by atoms with Crippen LogP contribution in [0, 0.1) is 6.92 Å². The van der Waals surface area contributed by atoms with Crippen LogP contribution >= 0.6 is 0 Å². The number of aliphatic hydroxyl groups excluding tert-OH is 1. The fourth-order valence-electron chi connectivity index (χ4n) is 4.82. The highest BCUT2D eigenvalue weighted by Crippen LogP contribution is 2.30. The number of ether oxygens (including phenoxy) is 4. The van der Waals surface area contributed by atoms with Gasteiger partial charge in [-0.25, -0.2) is 0 Å². The summed E-state index contributed by atoms with van der Waals surface area (Å²) in [4.78, 5) is 0. The predicted molar refractivity (Wildman–Crippen MR) is 166 cm³/mol. The van der Waals surface area contributed by atoms with Crippen LogP contribution in [0.5, 0.6) is 11.5 Å². The monoisotopic (exact) mass is 558 g/mol. The first-order chi connectivity index (χ1) is 19.7. The molecule has 0 spiro atoms. The SMILES string of the molecule is CCCCCC=CCC=CCCCCCCCCOc1cc(CO)cc(OCCCCOC2CCCCO2)c1C. The van der Waals surface area contributed by atoms with E-state index in [9.17, 15) is 5.11 Å². The minimum absolute atomic E-state index is 0.0207. The van der Waals surface area contributed by atoms with Crippen LogP contribution in [0.1, 0.15) is 127 Å². The smallest absolute Gasteiger partial charge is 0.157 e. The van der Waals surface area contributed by atoms with Gasteiger partial charge in [0, 0.05) is 18.8 Å². The van der Waals surface area contributed by atoms with E-state index in [2.05, 4.69) is 31.2 Å². The Bertz CT molecular complexity index is 797. The third-order valence-corrected chi connectivity index (χ3v) is 7.40. The van der Waals surface area contributed by atoms with E-state index in [0.717, 1.165) is 67.8 Å². The standard InChI is InChI=1S/C35H58O5/c1-3-4-5-6-7-8-9-10-11-12-13-14-15-16-17-19-24-37-33-28-32(30-36)29-34(31(33)2)38-25-21-22-27-40-35-23-18-20-26-39-35/h7-8,10-11,28-29,35-36H,3-6,9,12-27,30H2,1-2H3. The lowest BCUT2D eigenvalue weighted by atomic mass is 10.1. The fraction of sp³-hybridized carbons (Fsp3) is 0.714. The zero-order valence-corrected chi connectivity index (χ0v) is 25.7. The lowest BCUT2D eigenvalue weighted by Gasteiger charge is -2.22. The Kier molecular flexibility index (Phi) is 20.5. The molecule has 228 valence electrons. The van der Waals surface area contributed by atoms with E-state index in [1.807, 2.05) is 19.1 Å². The Hall–Kier alpha value is -1.82. The number of unbranched alkanes of at least 4 members (excludes halogenated alkanes) is 10. The Morgan fingerprint density at radius 1 is 0.775 bits per heavy atom. The molecule has 1 aromatic rings. The summed E-state index contributed by atoms with van der Waals surface area (Å²) in [5.41, 5.74) is 1.83. The first-order valence-corrected chi connectivity index (χ1v) is 16.3. The molecule has 40 heavy (non-hydrogen) atoms. The van der Waals surface area contributed by atoms with E-state index in [-0.39, 0.29) is 12.9 Å². The second-order valence-electron chi connectivity index (χ2n) is 11.0. The highest BCUT2D eigenvalue weighted by atomic mass is 16.7. The summed E-state index contributed by atoms with van der Waals surface area (Å²) < 4.78 is 23.6. The highest BCUT2D eigenvalue weighted by Gasteiger charge is 2.14. The molecule has 1 aromatic carbocycles. The summed E-state index contributed by atoms with van der Waals surface area (Å²) in [7, 11) is 0. The van der Waals surface area contributed by atoms with E-state index >= 15 is 0 Å². The van der Waals surface area contributed by atoms with Crippen LogP contribution in [0.25, 0.3) is 0 Å². The summed E-state index contributed by atoms with van der Waals surface area (Å²) in [6.07, 6.45) is 29.3. The van der Waals surface area contributed by atoms with Crippen LogP contribution in [-0.2, 0) is 16.1 Å². The minimum Gasteiger partial charge on any atom is -0.493 e. The number of hydrogen-bond donors (Lipinski definition) is 1. The molecule has 5 nitrogen and oxygen atoms in total. The maximum absolute atomic E-state index is 9.72. The molecule has 2 rings (SSSR count). The first kappa shape index (κ1) is 34.4. The summed E-state index contributed by atoms with van der Waals surface area (Å²) >= 11 is 0. The summed E-state index contributed by atoms with van der Waals surface area (Å²) in [6, 6.07) is 3.87. The van der Waals surface area contributed by atoms with Crippen molar-refractivity contribution in [3.63, 3.8) is 0 Å². The van der Waals surface area contributed by atoms with E-state index < -0.39 is 0 Å². The molecule has 1 aliphatic rings. The molecule has 1 aliphatic heterocycles. The van der Waals surface area contributed by atoms with Crippen LogP contribution in [0.4, 0.5) is 0 Å². The van der Waals surface area contributed by atoms with Gasteiger partial charge in [-0.2, -0.15) is 0 Å². The van der Waals surface area contributed by atoms with Gasteiger partial charge >= 0.3 is 0 Å². The van der Waals surface area contributed by atoms with Crippen molar-refractivity contribution in [2.45, 2.75) is 136 Å². The van der Waals surface area contributed by atoms with Gasteiger partial charge in [-0.05, 0) is 95.2 Å². The second-order valence-corrected chi connectivity index (χ2v) is 11.0. The zero-order valence-electron chi connectivity index (χ0n) is 25.7. The molecule has 1 N–H and O–H groups in total. The Balaban J connectivity index is 1.51. The van der Waals surface area contributed by atoms with Crippen molar-refractivity contribution in [3.8, 4) is 11.5 Å². The Labute approximate surface area is 245 Å². The number of rotatable bonds is 24. The molecule has 0 bridgehead atoms. The van der Waals surface area contributed by atoms with Crippen LogP contribution in [0.15, 0.2) is 36.4 Å². The molecule has 0 aliphatic carbocycles. The topological polar surface area (TPSA) is 57.2 Å². The second kappa shape index (κ2) is 23.8. The number of benzene rings is 1. The summed E-state index contributed by atoms with van der Waals surface area (Å²) in [6.45, 7) is 7.10. The molecule has 5 heteroatoms. The molecule has 1 heterocycles. The van der Waals surface area contributed by atoms with Crippen LogP contribution in [0.2, 0.25) is 0 Å². The van der Waals surface area contributed by atoms with Gasteiger partial charge in [0.1, 0.15) is 11.5 Å². The molecule has 0 radical (unpaired) electrons. The molecule has 1 atom stereocenters. The third-order valence-electron chi connectivity index (χ3n) is 7.40. The van der Waals surface area contributed by atoms with Crippen molar-refractivity contribution in [1.29, 1.82) is 0 Å². The molecule has 0 amide bonds. The zero-order chi connectivity index (χ0) is 28.5. The van der Waals surface area contributed by atoms with Crippen molar-refractivity contribution in [3.05, 3.63) is 47.6 Å². The maximum atomic E-state index is 9.72. The van der Waals surface area contributed by atoms with Gasteiger partial charge in [0.05, 0.1) is 19.8 Å². The Morgan fingerprint density at radius 2 is 1.38 bits per heavy atom. The van der Waals surface area contributed by atoms with Crippen molar-refractivity contribution >= 4 is 0 Å². The van der Waals surface area contributed by atoms with Gasteiger partial charge in [-0.15, -0.1) is 0 Å².